The normalized spacial score (nSPS) is 11.1. The zero-order chi connectivity index (χ0) is 8.65. The van der Waals surface area contributed by atoms with Crippen LogP contribution in [-0.4, -0.2) is 12.3 Å². The van der Waals surface area contributed by atoms with Gasteiger partial charge in [-0.25, -0.2) is 0 Å². The highest BCUT2D eigenvalue weighted by Crippen LogP contribution is 2.13. The highest BCUT2D eigenvalue weighted by atomic mass is 31.1. The lowest BCUT2D eigenvalue weighted by Crippen LogP contribution is -1.86. The van der Waals surface area contributed by atoms with Crippen LogP contribution in [0.5, 0.6) is 0 Å². The summed E-state index contributed by atoms with van der Waals surface area (Å²) in [5.41, 5.74) is 1.49. The van der Waals surface area contributed by atoms with Crippen LogP contribution in [0, 0.1) is 0 Å². The van der Waals surface area contributed by atoms with Crippen LogP contribution in [-0.2, 0) is 6.42 Å². The summed E-state index contributed by atoms with van der Waals surface area (Å²) in [4.78, 5) is 0. The molecular formula is C11H17P. The zero-order valence-electron chi connectivity index (χ0n) is 7.72. The number of hydrogen-bond acceptors (Lipinski definition) is 0. The summed E-state index contributed by atoms with van der Waals surface area (Å²) in [6, 6.07) is 10.8. The van der Waals surface area contributed by atoms with Crippen molar-refractivity contribution >= 4 is 8.58 Å². The number of aryl methyl sites for hydroxylation is 1. The van der Waals surface area contributed by atoms with Crippen LogP contribution in [0.15, 0.2) is 30.3 Å². The first-order valence-electron chi connectivity index (χ1n) is 4.68. The molecule has 0 nitrogen and oxygen atoms in total. The van der Waals surface area contributed by atoms with Crippen LogP contribution in [0.3, 0.4) is 0 Å². The maximum absolute atomic E-state index is 2.26. The lowest BCUT2D eigenvalue weighted by Gasteiger charge is -1.99. The second-order valence-electron chi connectivity index (χ2n) is 2.99. The van der Waals surface area contributed by atoms with Gasteiger partial charge in [0.1, 0.15) is 0 Å². The Morgan fingerprint density at radius 2 is 1.83 bits per heavy atom. The Morgan fingerprint density at radius 3 is 2.50 bits per heavy atom. The van der Waals surface area contributed by atoms with E-state index in [0.29, 0.717) is 0 Å². The number of hydrogen-bond donors (Lipinski definition) is 0. The summed E-state index contributed by atoms with van der Waals surface area (Å²) in [6.07, 6.45) is 5.39. The van der Waals surface area contributed by atoms with Crippen molar-refractivity contribution in [3.63, 3.8) is 0 Å². The molecule has 0 spiro atoms. The van der Waals surface area contributed by atoms with Gasteiger partial charge < -0.3 is 0 Å². The third-order valence-corrected chi connectivity index (χ3v) is 3.32. The molecule has 0 heterocycles. The smallest absolute Gasteiger partial charge is 0.0242 e. The Kier molecular flexibility index (Phi) is 5.03. The molecule has 66 valence electrons. The van der Waals surface area contributed by atoms with E-state index in [-0.39, 0.29) is 0 Å². The van der Waals surface area contributed by atoms with Gasteiger partial charge in [-0.2, -0.15) is 0 Å². The van der Waals surface area contributed by atoms with Gasteiger partial charge in [0.25, 0.3) is 0 Å². The van der Waals surface area contributed by atoms with E-state index >= 15 is 0 Å². The van der Waals surface area contributed by atoms with Gasteiger partial charge in [-0.3, -0.25) is 0 Å². The Balaban J connectivity index is 2.16. The molecule has 0 fully saturated rings. The largest absolute Gasteiger partial charge is 0.122 e. The van der Waals surface area contributed by atoms with Gasteiger partial charge in [-0.05, 0) is 24.3 Å². The van der Waals surface area contributed by atoms with Gasteiger partial charge in [0.2, 0.25) is 0 Å². The fourth-order valence-electron chi connectivity index (χ4n) is 1.18. The summed E-state index contributed by atoms with van der Waals surface area (Å²) < 4.78 is 0. The van der Waals surface area contributed by atoms with Crippen LogP contribution in [0.25, 0.3) is 0 Å². The lowest BCUT2D eigenvalue weighted by atomic mass is 10.2. The fraction of sp³-hybridized carbons (Fsp3) is 0.455. The van der Waals surface area contributed by atoms with Crippen molar-refractivity contribution < 1.29 is 0 Å². The van der Waals surface area contributed by atoms with E-state index in [4.69, 9.17) is 0 Å². The molecule has 0 amide bonds. The molecule has 0 N–H and O–H groups in total. The van der Waals surface area contributed by atoms with Gasteiger partial charge in [0.15, 0.2) is 0 Å². The van der Waals surface area contributed by atoms with Gasteiger partial charge in [-0.1, -0.05) is 43.7 Å². The van der Waals surface area contributed by atoms with Gasteiger partial charge >= 0.3 is 0 Å². The Morgan fingerprint density at radius 1 is 1.08 bits per heavy atom. The van der Waals surface area contributed by atoms with Crippen molar-refractivity contribution in [3.8, 4) is 0 Å². The van der Waals surface area contributed by atoms with E-state index < -0.39 is 0 Å². The second-order valence-corrected chi connectivity index (χ2v) is 4.49. The molecule has 0 aliphatic heterocycles. The van der Waals surface area contributed by atoms with E-state index in [1.54, 1.807) is 0 Å². The van der Waals surface area contributed by atoms with E-state index in [1.165, 1.54) is 30.7 Å². The molecule has 0 bridgehead atoms. The number of benzene rings is 1. The predicted molar refractivity (Wildman–Crippen MR) is 58.5 cm³/mol. The molecule has 0 saturated carbocycles. The second kappa shape index (κ2) is 6.20. The average Bonchev–Trinajstić information content (AvgIpc) is 2.14. The van der Waals surface area contributed by atoms with Crippen LogP contribution < -0.4 is 0 Å². The first kappa shape index (κ1) is 9.74. The van der Waals surface area contributed by atoms with Crippen molar-refractivity contribution in [1.29, 1.82) is 0 Å². The minimum absolute atomic E-state index is 1.16. The quantitative estimate of drug-likeness (QED) is 0.481. The SMILES string of the molecule is CCCPCCc1ccccc1. The van der Waals surface area contributed by atoms with Crippen LogP contribution in [0.1, 0.15) is 18.9 Å². The molecule has 0 aromatic heterocycles. The minimum Gasteiger partial charge on any atom is -0.122 e. The first-order chi connectivity index (χ1) is 5.93. The van der Waals surface area contributed by atoms with Crippen molar-refractivity contribution in [2.24, 2.45) is 0 Å². The molecule has 0 aliphatic rings. The molecule has 1 unspecified atom stereocenters. The maximum Gasteiger partial charge on any atom is -0.0242 e. The molecular weight excluding hydrogens is 163 g/mol. The molecule has 0 radical (unpaired) electrons. The molecule has 0 saturated heterocycles. The summed E-state index contributed by atoms with van der Waals surface area (Å²) in [7, 11) is 1.16. The highest BCUT2D eigenvalue weighted by Gasteiger charge is 1.90. The lowest BCUT2D eigenvalue weighted by molar-refractivity contribution is 1.08. The van der Waals surface area contributed by atoms with Crippen molar-refractivity contribution in [2.75, 3.05) is 12.3 Å². The predicted octanol–water partition coefficient (Wildman–Crippen LogP) is 3.32. The number of rotatable bonds is 5. The summed E-state index contributed by atoms with van der Waals surface area (Å²) in [5.74, 6) is 0. The van der Waals surface area contributed by atoms with Crippen molar-refractivity contribution in [2.45, 2.75) is 19.8 Å². The average molecular weight is 180 g/mol. The standard InChI is InChI=1S/C11H17P/c1-2-9-12-10-8-11-6-4-3-5-7-11/h3-7,12H,2,8-10H2,1H3. The van der Waals surface area contributed by atoms with E-state index in [0.717, 1.165) is 8.58 Å². The Bertz CT molecular complexity index is 193. The van der Waals surface area contributed by atoms with E-state index in [2.05, 4.69) is 37.3 Å². The molecule has 1 aromatic carbocycles. The third kappa shape index (κ3) is 3.88. The van der Waals surface area contributed by atoms with Gasteiger partial charge in [0.05, 0.1) is 0 Å². The van der Waals surface area contributed by atoms with E-state index in [1.807, 2.05) is 0 Å². The minimum atomic E-state index is 1.16. The first-order valence-corrected chi connectivity index (χ1v) is 6.09. The Hall–Kier alpha value is -0.350. The fourth-order valence-corrected chi connectivity index (χ4v) is 2.25. The molecule has 0 aliphatic carbocycles. The summed E-state index contributed by atoms with van der Waals surface area (Å²) in [6.45, 7) is 2.26. The van der Waals surface area contributed by atoms with E-state index in [9.17, 15) is 0 Å². The summed E-state index contributed by atoms with van der Waals surface area (Å²) in [5, 5.41) is 0. The van der Waals surface area contributed by atoms with Crippen LogP contribution in [0.2, 0.25) is 0 Å². The summed E-state index contributed by atoms with van der Waals surface area (Å²) >= 11 is 0. The third-order valence-electron chi connectivity index (χ3n) is 1.86. The zero-order valence-corrected chi connectivity index (χ0v) is 8.72. The monoisotopic (exact) mass is 180 g/mol. The molecule has 12 heavy (non-hydrogen) atoms. The van der Waals surface area contributed by atoms with Crippen LogP contribution in [0.4, 0.5) is 0 Å². The highest BCUT2D eigenvalue weighted by molar-refractivity contribution is 7.37. The Labute approximate surface area is 77.2 Å². The molecule has 1 heteroatoms. The molecule has 1 atom stereocenters. The topological polar surface area (TPSA) is 0 Å². The van der Waals surface area contributed by atoms with Crippen LogP contribution >= 0.6 is 8.58 Å². The van der Waals surface area contributed by atoms with Crippen molar-refractivity contribution in [1.82, 2.24) is 0 Å². The van der Waals surface area contributed by atoms with Gasteiger partial charge in [0, 0.05) is 0 Å². The molecule has 1 aromatic rings. The van der Waals surface area contributed by atoms with Gasteiger partial charge in [-0.15, -0.1) is 8.58 Å². The molecule has 1 rings (SSSR count). The maximum atomic E-state index is 2.26. The van der Waals surface area contributed by atoms with Crippen molar-refractivity contribution in [3.05, 3.63) is 35.9 Å².